The molecule has 0 aliphatic rings. The van der Waals surface area contributed by atoms with Crippen LogP contribution in [0.1, 0.15) is 6.42 Å². The molecule has 0 atom stereocenters. The number of hydrogen-bond acceptors (Lipinski definition) is 3. The van der Waals surface area contributed by atoms with Gasteiger partial charge in [0.15, 0.2) is 0 Å². The Morgan fingerprint density at radius 1 is 1.45 bits per heavy atom. The van der Waals surface area contributed by atoms with Gasteiger partial charge in [-0.2, -0.15) is 0 Å². The van der Waals surface area contributed by atoms with Crippen molar-refractivity contribution in [3.63, 3.8) is 0 Å². The summed E-state index contributed by atoms with van der Waals surface area (Å²) in [6.07, 6.45) is 1.85. The first-order valence-corrected chi connectivity index (χ1v) is 2.91. The van der Waals surface area contributed by atoms with E-state index in [2.05, 4.69) is 23.2 Å². The number of esters is 1. The summed E-state index contributed by atoms with van der Waals surface area (Å²) in [7, 11) is 0. The van der Waals surface area contributed by atoms with E-state index >= 15 is 0 Å². The monoisotopic (exact) mass is 155 g/mol. The van der Waals surface area contributed by atoms with Crippen LogP contribution in [0.15, 0.2) is 25.6 Å². The number of hydrogen-bond donors (Lipinski definition) is 1. The predicted molar refractivity (Wildman–Crippen MR) is 39.2 cm³/mol. The van der Waals surface area contributed by atoms with E-state index in [1.54, 1.807) is 0 Å². The zero-order chi connectivity index (χ0) is 8.69. The van der Waals surface area contributed by atoms with Gasteiger partial charge < -0.3 is 10.1 Å². The Balaban J connectivity index is 3.65. The highest BCUT2D eigenvalue weighted by atomic mass is 16.5. The molecule has 0 saturated carbocycles. The number of carbonyl (C=O) groups excluding carboxylic acids is 2. The van der Waals surface area contributed by atoms with Crippen LogP contribution in [0.2, 0.25) is 0 Å². The van der Waals surface area contributed by atoms with E-state index in [4.69, 9.17) is 0 Å². The highest BCUT2D eigenvalue weighted by Gasteiger charge is 2.06. The Morgan fingerprint density at radius 3 is 2.55 bits per heavy atom. The van der Waals surface area contributed by atoms with Crippen LogP contribution in [0.5, 0.6) is 0 Å². The lowest BCUT2D eigenvalue weighted by Crippen LogP contribution is -2.20. The number of carbonyl (C=O) groups is 2. The molecule has 1 amide bonds. The lowest BCUT2D eigenvalue weighted by atomic mass is 10.4. The van der Waals surface area contributed by atoms with Gasteiger partial charge in [-0.05, 0) is 6.20 Å². The normalized spacial score (nSPS) is 8.00. The lowest BCUT2D eigenvalue weighted by molar-refractivity contribution is -0.141. The maximum Gasteiger partial charge on any atom is 0.320 e. The molecule has 0 rings (SSSR count). The molecule has 0 aromatic heterocycles. The van der Waals surface area contributed by atoms with Crippen molar-refractivity contribution < 1.29 is 14.3 Å². The van der Waals surface area contributed by atoms with Crippen molar-refractivity contribution >= 4 is 11.9 Å². The molecule has 0 heterocycles. The van der Waals surface area contributed by atoms with Crippen LogP contribution in [0.4, 0.5) is 0 Å². The van der Waals surface area contributed by atoms with E-state index in [-0.39, 0.29) is 6.42 Å². The average Bonchev–Trinajstić information content (AvgIpc) is 1.87. The summed E-state index contributed by atoms with van der Waals surface area (Å²) in [6.45, 7) is 6.41. The first kappa shape index (κ1) is 9.42. The van der Waals surface area contributed by atoms with Crippen LogP contribution in [0, 0.1) is 0 Å². The zero-order valence-corrected chi connectivity index (χ0v) is 6.00. The molecule has 0 saturated heterocycles. The van der Waals surface area contributed by atoms with Crippen molar-refractivity contribution in [2.24, 2.45) is 0 Å². The van der Waals surface area contributed by atoms with E-state index < -0.39 is 11.9 Å². The number of amides is 1. The molecule has 0 aromatic rings. The fourth-order valence-corrected chi connectivity index (χ4v) is 0.431. The molecule has 0 spiro atoms. The fraction of sp³-hybridized carbons (Fsp3) is 0.143. The molecule has 4 heteroatoms. The van der Waals surface area contributed by atoms with Crippen molar-refractivity contribution in [2.45, 2.75) is 6.42 Å². The standard InChI is InChI=1S/C7H9NO3/c1-3-8-6(9)5-7(10)11-4-2/h3-4H,1-2,5H2,(H,8,9). The fourth-order valence-electron chi connectivity index (χ4n) is 0.431. The molecular formula is C7H9NO3. The second-order valence-electron chi connectivity index (χ2n) is 1.60. The van der Waals surface area contributed by atoms with Gasteiger partial charge in [0.1, 0.15) is 6.42 Å². The molecule has 0 fully saturated rings. The molecule has 0 aliphatic carbocycles. The van der Waals surface area contributed by atoms with Crippen LogP contribution in [-0.2, 0) is 14.3 Å². The predicted octanol–water partition coefficient (Wildman–Crippen LogP) is 0.323. The summed E-state index contributed by atoms with van der Waals surface area (Å²) in [5.41, 5.74) is 0. The summed E-state index contributed by atoms with van der Waals surface area (Å²) in [5.74, 6) is -1.09. The third-order valence-corrected chi connectivity index (χ3v) is 0.783. The van der Waals surface area contributed by atoms with Crippen LogP contribution in [-0.4, -0.2) is 11.9 Å². The van der Waals surface area contributed by atoms with Gasteiger partial charge in [-0.15, -0.1) is 0 Å². The Labute approximate surface area is 64.5 Å². The smallest absolute Gasteiger partial charge is 0.320 e. The number of ether oxygens (including phenoxy) is 1. The SMILES string of the molecule is C=CNC(=O)CC(=O)OC=C. The van der Waals surface area contributed by atoms with Gasteiger partial charge in [0.05, 0.1) is 6.26 Å². The van der Waals surface area contributed by atoms with Crippen molar-refractivity contribution in [3.05, 3.63) is 25.6 Å². The van der Waals surface area contributed by atoms with Crippen LogP contribution in [0.3, 0.4) is 0 Å². The van der Waals surface area contributed by atoms with Crippen molar-refractivity contribution in [2.75, 3.05) is 0 Å². The number of rotatable bonds is 4. The topological polar surface area (TPSA) is 55.4 Å². The molecule has 0 unspecified atom stereocenters. The molecule has 11 heavy (non-hydrogen) atoms. The highest BCUT2D eigenvalue weighted by Crippen LogP contribution is 1.85. The van der Waals surface area contributed by atoms with Gasteiger partial charge in [0.2, 0.25) is 5.91 Å². The summed E-state index contributed by atoms with van der Waals surface area (Å²) < 4.78 is 4.29. The molecule has 0 radical (unpaired) electrons. The maximum atomic E-state index is 10.6. The van der Waals surface area contributed by atoms with Gasteiger partial charge in [-0.25, -0.2) is 0 Å². The zero-order valence-electron chi connectivity index (χ0n) is 6.00. The van der Waals surface area contributed by atoms with E-state index in [0.29, 0.717) is 0 Å². The minimum absolute atomic E-state index is 0.321. The van der Waals surface area contributed by atoms with E-state index in [1.165, 1.54) is 6.20 Å². The van der Waals surface area contributed by atoms with Crippen LogP contribution in [0.25, 0.3) is 0 Å². The minimum Gasteiger partial charge on any atom is -0.435 e. The van der Waals surface area contributed by atoms with Gasteiger partial charge in [-0.1, -0.05) is 13.2 Å². The largest absolute Gasteiger partial charge is 0.435 e. The average molecular weight is 155 g/mol. The molecule has 0 bridgehead atoms. The molecule has 1 N–H and O–H groups in total. The Kier molecular flexibility index (Phi) is 4.47. The Morgan fingerprint density at radius 2 is 2.09 bits per heavy atom. The Bertz CT molecular complexity index is 166. The highest BCUT2D eigenvalue weighted by molar-refractivity contribution is 5.94. The van der Waals surface area contributed by atoms with Crippen molar-refractivity contribution in [1.82, 2.24) is 5.32 Å². The summed E-state index contributed by atoms with van der Waals surface area (Å²) >= 11 is 0. The minimum atomic E-state index is -0.639. The van der Waals surface area contributed by atoms with Crippen molar-refractivity contribution in [1.29, 1.82) is 0 Å². The van der Waals surface area contributed by atoms with Crippen molar-refractivity contribution in [3.8, 4) is 0 Å². The molecular weight excluding hydrogens is 146 g/mol. The van der Waals surface area contributed by atoms with E-state index in [1.807, 2.05) is 0 Å². The Hall–Kier alpha value is -1.58. The third kappa shape index (κ3) is 4.90. The third-order valence-electron chi connectivity index (χ3n) is 0.783. The second kappa shape index (κ2) is 5.22. The van der Waals surface area contributed by atoms with Crippen LogP contribution < -0.4 is 5.32 Å². The summed E-state index contributed by atoms with van der Waals surface area (Å²) in [5, 5.41) is 2.22. The molecule has 0 aliphatic heterocycles. The van der Waals surface area contributed by atoms with E-state index in [9.17, 15) is 9.59 Å². The second-order valence-corrected chi connectivity index (χ2v) is 1.60. The number of nitrogens with one attached hydrogen (secondary N) is 1. The van der Waals surface area contributed by atoms with Gasteiger partial charge in [0, 0.05) is 0 Å². The summed E-state index contributed by atoms with van der Waals surface area (Å²) in [6, 6.07) is 0. The van der Waals surface area contributed by atoms with Gasteiger partial charge in [0.25, 0.3) is 0 Å². The lowest BCUT2D eigenvalue weighted by Gasteiger charge is -1.96. The molecule has 4 nitrogen and oxygen atoms in total. The van der Waals surface area contributed by atoms with Crippen LogP contribution >= 0.6 is 0 Å². The summed E-state index contributed by atoms with van der Waals surface area (Å²) in [4.78, 5) is 21.2. The quantitative estimate of drug-likeness (QED) is 0.361. The molecule has 60 valence electrons. The first-order valence-electron chi connectivity index (χ1n) is 2.91. The molecule has 0 aromatic carbocycles. The maximum absolute atomic E-state index is 10.6. The van der Waals surface area contributed by atoms with Gasteiger partial charge >= 0.3 is 5.97 Å². The first-order chi connectivity index (χ1) is 5.20. The van der Waals surface area contributed by atoms with Gasteiger partial charge in [-0.3, -0.25) is 9.59 Å². The van der Waals surface area contributed by atoms with E-state index in [0.717, 1.165) is 6.26 Å².